The van der Waals surface area contributed by atoms with Crippen LogP contribution in [0.3, 0.4) is 0 Å². The van der Waals surface area contributed by atoms with Crippen molar-refractivity contribution in [2.75, 3.05) is 0 Å². The fourth-order valence-electron chi connectivity index (χ4n) is 9.01. The Kier molecular flexibility index (Phi) is 6.97. The van der Waals surface area contributed by atoms with Crippen LogP contribution < -0.4 is 0 Å². The molecule has 0 amide bonds. The third kappa shape index (κ3) is 4.78. The molecule has 0 aliphatic rings. The van der Waals surface area contributed by atoms with Crippen LogP contribution in [-0.4, -0.2) is 0 Å². The summed E-state index contributed by atoms with van der Waals surface area (Å²) < 4.78 is 0. The van der Waals surface area contributed by atoms with E-state index >= 15 is 0 Å². The normalized spacial score (nSPS) is 11.7. The fraction of sp³-hybridized carbons (Fsp3) is 0. The lowest BCUT2D eigenvalue weighted by Crippen LogP contribution is -1.92. The van der Waals surface area contributed by atoms with E-state index in [0.717, 1.165) is 0 Å². The van der Waals surface area contributed by atoms with Gasteiger partial charge in [-0.25, -0.2) is 0 Å². The molecule has 0 unspecified atom stereocenters. The van der Waals surface area contributed by atoms with E-state index in [1.54, 1.807) is 0 Å². The largest absolute Gasteiger partial charge is 0.0616 e. The first kappa shape index (κ1) is 30.6. The summed E-state index contributed by atoms with van der Waals surface area (Å²) in [6.07, 6.45) is 0. The van der Waals surface area contributed by atoms with Crippen LogP contribution in [0.2, 0.25) is 0 Å². The minimum atomic E-state index is 1.23. The molecule has 0 saturated heterocycles. The van der Waals surface area contributed by atoms with Gasteiger partial charge < -0.3 is 0 Å². The van der Waals surface area contributed by atoms with E-state index < -0.39 is 0 Å². The molecule has 11 rings (SSSR count). The van der Waals surface area contributed by atoms with Gasteiger partial charge in [0.2, 0.25) is 0 Å². The molecule has 0 bridgehead atoms. The van der Waals surface area contributed by atoms with Gasteiger partial charge in [-0.2, -0.15) is 0 Å². The highest BCUT2D eigenvalue weighted by molar-refractivity contribution is 6.23. The van der Waals surface area contributed by atoms with Crippen molar-refractivity contribution in [3.8, 4) is 44.5 Å². The van der Waals surface area contributed by atoms with E-state index in [-0.39, 0.29) is 0 Å². The van der Waals surface area contributed by atoms with Gasteiger partial charge >= 0.3 is 0 Å². The predicted molar refractivity (Wildman–Crippen MR) is 233 cm³/mol. The smallest absolute Gasteiger partial charge is 0.00261 e. The van der Waals surface area contributed by atoms with Gasteiger partial charge in [-0.3, -0.25) is 0 Å². The van der Waals surface area contributed by atoms with Crippen LogP contribution in [0.25, 0.3) is 109 Å². The number of benzene rings is 11. The zero-order chi connectivity index (χ0) is 35.6. The summed E-state index contributed by atoms with van der Waals surface area (Å²) in [6, 6.07) is 76.1. The summed E-state index contributed by atoms with van der Waals surface area (Å²) in [7, 11) is 0. The Morgan fingerprint density at radius 2 is 0.630 bits per heavy atom. The molecule has 11 aromatic rings. The van der Waals surface area contributed by atoms with Crippen LogP contribution in [0.15, 0.2) is 206 Å². The van der Waals surface area contributed by atoms with Crippen LogP contribution in [0.4, 0.5) is 0 Å². The Hall–Kier alpha value is -7.02. The van der Waals surface area contributed by atoms with Crippen LogP contribution >= 0.6 is 0 Å². The lowest BCUT2D eigenvalue weighted by molar-refractivity contribution is 1.63. The number of rotatable bonds is 4. The van der Waals surface area contributed by atoms with Crippen molar-refractivity contribution in [1.82, 2.24) is 0 Å². The van der Waals surface area contributed by atoms with Gasteiger partial charge in [-0.05, 0) is 127 Å². The summed E-state index contributed by atoms with van der Waals surface area (Å²) >= 11 is 0. The van der Waals surface area contributed by atoms with Crippen LogP contribution in [-0.2, 0) is 0 Å². The second kappa shape index (κ2) is 12.3. The van der Waals surface area contributed by atoms with Crippen molar-refractivity contribution in [3.63, 3.8) is 0 Å². The highest BCUT2D eigenvalue weighted by Gasteiger charge is 2.19. The Morgan fingerprint density at radius 1 is 0.185 bits per heavy atom. The van der Waals surface area contributed by atoms with Crippen molar-refractivity contribution in [2.45, 2.75) is 0 Å². The molecule has 250 valence electrons. The Morgan fingerprint density at radius 3 is 1.26 bits per heavy atom. The average molecular weight is 683 g/mol. The molecule has 0 aliphatic carbocycles. The van der Waals surface area contributed by atoms with Crippen molar-refractivity contribution < 1.29 is 0 Å². The minimum Gasteiger partial charge on any atom is -0.0616 e. The standard InChI is InChI=1S/C54H34/c1-3-20-41-35(14-1)16-12-28-43(41)37-18-11-19-39(32-37)53-47-24-7-9-26-49(47)54(50-27-10-8-25-48(50)53)40-31-30-38-33-52(46-23-6-5-22-45(46)51(38)34-40)44-29-13-17-36-15-2-4-21-42(36)44/h1-34H. The van der Waals surface area contributed by atoms with Gasteiger partial charge in [0.05, 0.1) is 0 Å². The van der Waals surface area contributed by atoms with Gasteiger partial charge in [0.15, 0.2) is 0 Å². The summed E-state index contributed by atoms with van der Waals surface area (Å²) in [6.45, 7) is 0. The fourth-order valence-corrected chi connectivity index (χ4v) is 9.01. The quantitative estimate of drug-likeness (QED) is 0.128. The first-order valence-corrected chi connectivity index (χ1v) is 18.8. The summed E-state index contributed by atoms with van der Waals surface area (Å²) in [5.41, 5.74) is 10.0. The molecule has 0 spiro atoms. The first-order valence-electron chi connectivity index (χ1n) is 18.8. The average Bonchev–Trinajstić information content (AvgIpc) is 3.24. The molecule has 0 aliphatic heterocycles. The molecule has 0 fully saturated rings. The maximum absolute atomic E-state index is 2.43. The Labute approximate surface area is 314 Å². The molecule has 0 atom stereocenters. The topological polar surface area (TPSA) is 0 Å². The molecule has 0 N–H and O–H groups in total. The van der Waals surface area contributed by atoms with E-state index in [9.17, 15) is 0 Å². The molecule has 0 saturated carbocycles. The highest BCUT2D eigenvalue weighted by Crippen LogP contribution is 2.46. The molecular formula is C54H34. The second-order valence-electron chi connectivity index (χ2n) is 14.4. The van der Waals surface area contributed by atoms with Crippen LogP contribution in [0.1, 0.15) is 0 Å². The Bertz CT molecular complexity index is 3210. The summed E-state index contributed by atoms with van der Waals surface area (Å²) in [5.74, 6) is 0. The first-order chi connectivity index (χ1) is 26.8. The third-order valence-electron chi connectivity index (χ3n) is 11.4. The lowest BCUT2D eigenvalue weighted by atomic mass is 9.84. The minimum absolute atomic E-state index is 1.23. The van der Waals surface area contributed by atoms with Crippen LogP contribution in [0, 0.1) is 0 Å². The molecule has 54 heavy (non-hydrogen) atoms. The predicted octanol–water partition coefficient (Wildman–Crippen LogP) is 15.3. The molecule has 0 nitrogen and oxygen atoms in total. The monoisotopic (exact) mass is 682 g/mol. The molecule has 0 heteroatoms. The van der Waals surface area contributed by atoms with Crippen LogP contribution in [0.5, 0.6) is 0 Å². The van der Waals surface area contributed by atoms with E-state index in [1.165, 1.54) is 109 Å². The zero-order valence-electron chi connectivity index (χ0n) is 29.6. The summed E-state index contributed by atoms with van der Waals surface area (Å²) in [4.78, 5) is 0. The third-order valence-corrected chi connectivity index (χ3v) is 11.4. The van der Waals surface area contributed by atoms with E-state index in [0.29, 0.717) is 0 Å². The van der Waals surface area contributed by atoms with Crippen molar-refractivity contribution >= 4 is 64.6 Å². The van der Waals surface area contributed by atoms with Crippen molar-refractivity contribution in [2.24, 2.45) is 0 Å². The molecule has 0 radical (unpaired) electrons. The van der Waals surface area contributed by atoms with E-state index in [1.807, 2.05) is 0 Å². The van der Waals surface area contributed by atoms with Gasteiger partial charge in [0.1, 0.15) is 0 Å². The van der Waals surface area contributed by atoms with Crippen molar-refractivity contribution in [3.05, 3.63) is 206 Å². The van der Waals surface area contributed by atoms with Gasteiger partial charge in [0, 0.05) is 0 Å². The number of hydrogen-bond acceptors (Lipinski definition) is 0. The maximum atomic E-state index is 2.43. The number of fused-ring (bicyclic) bond motifs is 7. The molecular weight excluding hydrogens is 649 g/mol. The van der Waals surface area contributed by atoms with Gasteiger partial charge in [-0.15, -0.1) is 0 Å². The maximum Gasteiger partial charge on any atom is -0.00261 e. The molecule has 0 aromatic heterocycles. The second-order valence-corrected chi connectivity index (χ2v) is 14.4. The SMILES string of the molecule is c1cc(-c2cccc3ccccc23)cc(-c2c3ccccc3c(-c3ccc4cc(-c5cccc6ccccc56)c5ccccc5c4c3)c3ccccc23)c1. The highest BCUT2D eigenvalue weighted by atomic mass is 14.2. The Balaban J connectivity index is 1.14. The van der Waals surface area contributed by atoms with Gasteiger partial charge in [-0.1, -0.05) is 188 Å². The molecule has 11 aromatic carbocycles. The van der Waals surface area contributed by atoms with E-state index in [2.05, 4.69) is 206 Å². The zero-order valence-corrected chi connectivity index (χ0v) is 29.6. The van der Waals surface area contributed by atoms with Crippen molar-refractivity contribution in [1.29, 1.82) is 0 Å². The number of hydrogen-bond donors (Lipinski definition) is 0. The van der Waals surface area contributed by atoms with Gasteiger partial charge in [0.25, 0.3) is 0 Å². The summed E-state index contributed by atoms with van der Waals surface area (Å²) in [5, 5.41) is 15.2. The molecule has 0 heterocycles. The van der Waals surface area contributed by atoms with E-state index in [4.69, 9.17) is 0 Å². The lowest BCUT2D eigenvalue weighted by Gasteiger charge is -2.19.